The molecule has 0 radical (unpaired) electrons. The summed E-state index contributed by atoms with van der Waals surface area (Å²) in [6, 6.07) is 3.80. The number of carbonyl (C=O) groups excluding carboxylic acids is 3. The number of amides is 4. The summed E-state index contributed by atoms with van der Waals surface area (Å²) < 4.78 is 36.1. The third kappa shape index (κ3) is 4.82. The fourth-order valence-corrected chi connectivity index (χ4v) is 4.90. The van der Waals surface area contributed by atoms with E-state index in [1.54, 1.807) is 6.07 Å². The first-order valence-corrected chi connectivity index (χ1v) is 10.4. The minimum atomic E-state index is -3.09. The van der Waals surface area contributed by atoms with Gasteiger partial charge in [0.15, 0.2) is 9.84 Å². The summed E-state index contributed by atoms with van der Waals surface area (Å²) in [5.74, 6) is -1.30. The highest BCUT2D eigenvalue weighted by Crippen LogP contribution is 2.16. The normalized spacial score (nSPS) is 24.1. The van der Waals surface area contributed by atoms with E-state index in [0.29, 0.717) is 12.0 Å². The van der Waals surface area contributed by atoms with Crippen molar-refractivity contribution in [3.8, 4) is 0 Å². The number of urea groups is 1. The van der Waals surface area contributed by atoms with Crippen LogP contribution in [0, 0.1) is 5.82 Å². The molecule has 4 amide bonds. The van der Waals surface area contributed by atoms with Crippen LogP contribution >= 0.6 is 0 Å². The summed E-state index contributed by atoms with van der Waals surface area (Å²) in [4.78, 5) is 37.4. The van der Waals surface area contributed by atoms with Crippen molar-refractivity contribution in [2.24, 2.45) is 0 Å². The average Bonchev–Trinajstić information content (AvgIpc) is 3.06. The Balaban J connectivity index is 1.50. The van der Waals surface area contributed by atoms with Gasteiger partial charge in [-0.3, -0.25) is 14.5 Å². The number of nitrogens with zero attached hydrogens (tertiary/aromatic N) is 1. The average molecular weight is 397 g/mol. The summed E-state index contributed by atoms with van der Waals surface area (Å²) in [6.07, 6.45) is 0.477. The summed E-state index contributed by atoms with van der Waals surface area (Å²) in [7, 11) is -3.09. The van der Waals surface area contributed by atoms with Crippen LogP contribution in [0.25, 0.3) is 0 Å². The zero-order valence-corrected chi connectivity index (χ0v) is 15.3. The lowest BCUT2D eigenvalue weighted by Crippen LogP contribution is -2.37. The largest absolute Gasteiger partial charge is 0.352 e. The molecular formula is C17H20FN3O5S. The minimum absolute atomic E-state index is 0.0129. The van der Waals surface area contributed by atoms with Gasteiger partial charge in [0.2, 0.25) is 5.91 Å². The monoisotopic (exact) mass is 397 g/mol. The van der Waals surface area contributed by atoms with Crippen LogP contribution in [-0.2, 0) is 26.0 Å². The number of hydrogen-bond acceptors (Lipinski definition) is 5. The Morgan fingerprint density at radius 3 is 2.78 bits per heavy atom. The summed E-state index contributed by atoms with van der Waals surface area (Å²) in [6.45, 7) is -0.0505. The van der Waals surface area contributed by atoms with Crippen LogP contribution in [0.4, 0.5) is 9.18 Å². The number of benzene rings is 1. The van der Waals surface area contributed by atoms with Crippen molar-refractivity contribution in [2.45, 2.75) is 37.9 Å². The zero-order valence-electron chi connectivity index (χ0n) is 14.5. The van der Waals surface area contributed by atoms with Gasteiger partial charge < -0.3 is 10.6 Å². The molecule has 0 bridgehead atoms. The van der Waals surface area contributed by atoms with Gasteiger partial charge in [-0.2, -0.15) is 0 Å². The molecule has 1 aromatic carbocycles. The predicted molar refractivity (Wildman–Crippen MR) is 93.7 cm³/mol. The van der Waals surface area contributed by atoms with Crippen molar-refractivity contribution in [2.75, 3.05) is 11.5 Å². The van der Waals surface area contributed by atoms with Crippen LogP contribution < -0.4 is 10.6 Å². The zero-order chi connectivity index (χ0) is 19.6. The van der Waals surface area contributed by atoms with Crippen molar-refractivity contribution in [1.29, 1.82) is 0 Å². The Morgan fingerprint density at radius 2 is 2.11 bits per heavy atom. The van der Waals surface area contributed by atoms with Gasteiger partial charge in [0.25, 0.3) is 5.91 Å². The van der Waals surface area contributed by atoms with Crippen molar-refractivity contribution in [3.05, 3.63) is 35.6 Å². The van der Waals surface area contributed by atoms with Crippen LogP contribution in [0.5, 0.6) is 0 Å². The Kier molecular flexibility index (Phi) is 5.45. The number of carbonyl (C=O) groups is 3. The van der Waals surface area contributed by atoms with Crippen molar-refractivity contribution >= 4 is 27.7 Å². The second-order valence-corrected chi connectivity index (χ2v) is 8.99. The lowest BCUT2D eigenvalue weighted by atomic mass is 10.1. The first-order valence-electron chi connectivity index (χ1n) is 8.59. The number of sulfone groups is 1. The van der Waals surface area contributed by atoms with E-state index in [1.165, 1.54) is 18.2 Å². The lowest BCUT2D eigenvalue weighted by molar-refractivity contribution is -0.128. The Morgan fingerprint density at radius 1 is 1.33 bits per heavy atom. The molecule has 0 unspecified atom stereocenters. The molecule has 10 heteroatoms. The van der Waals surface area contributed by atoms with Gasteiger partial charge in [-0.15, -0.1) is 0 Å². The number of nitrogens with one attached hydrogen (secondary N) is 2. The van der Waals surface area contributed by atoms with E-state index in [1.807, 2.05) is 0 Å². The maximum absolute atomic E-state index is 13.3. The molecule has 0 aliphatic carbocycles. The van der Waals surface area contributed by atoms with Crippen LogP contribution in [0.2, 0.25) is 0 Å². The standard InChI is InChI=1S/C17H20FN3O5S/c18-12-3-1-2-11(8-12)9-21-16(23)14(20-17(21)24)4-5-15(22)19-13-6-7-27(25,26)10-13/h1-3,8,13-14H,4-7,9-10H2,(H,19,22)(H,20,24)/t13-,14+/m0/s1. The lowest BCUT2D eigenvalue weighted by Gasteiger charge is -2.14. The molecule has 2 N–H and O–H groups in total. The number of rotatable bonds is 6. The number of hydrogen-bond donors (Lipinski definition) is 2. The van der Waals surface area contributed by atoms with Gasteiger partial charge in [-0.05, 0) is 30.5 Å². The van der Waals surface area contributed by atoms with Gasteiger partial charge in [-0.25, -0.2) is 17.6 Å². The van der Waals surface area contributed by atoms with Crippen molar-refractivity contribution in [3.63, 3.8) is 0 Å². The van der Waals surface area contributed by atoms with E-state index in [2.05, 4.69) is 10.6 Å². The Bertz CT molecular complexity index is 873. The topological polar surface area (TPSA) is 113 Å². The molecular weight excluding hydrogens is 377 g/mol. The SMILES string of the molecule is O=C(CC[C@H]1NC(=O)N(Cc2cccc(F)c2)C1=O)N[C@H]1CCS(=O)(=O)C1. The molecule has 3 rings (SSSR count). The highest BCUT2D eigenvalue weighted by atomic mass is 32.2. The van der Waals surface area contributed by atoms with E-state index < -0.39 is 39.7 Å². The maximum Gasteiger partial charge on any atom is 0.325 e. The summed E-state index contributed by atoms with van der Waals surface area (Å²) in [5, 5.41) is 5.16. The smallest absolute Gasteiger partial charge is 0.325 e. The molecule has 2 aliphatic heterocycles. The molecule has 8 nitrogen and oxygen atoms in total. The highest BCUT2D eigenvalue weighted by molar-refractivity contribution is 7.91. The van der Waals surface area contributed by atoms with E-state index >= 15 is 0 Å². The first kappa shape index (κ1) is 19.3. The van der Waals surface area contributed by atoms with Gasteiger partial charge in [0, 0.05) is 12.5 Å². The molecule has 0 aromatic heterocycles. The molecule has 2 saturated heterocycles. The maximum atomic E-state index is 13.3. The van der Waals surface area contributed by atoms with Gasteiger partial charge in [0.05, 0.1) is 18.1 Å². The van der Waals surface area contributed by atoms with Gasteiger partial charge >= 0.3 is 6.03 Å². The van der Waals surface area contributed by atoms with Crippen LogP contribution in [-0.4, -0.2) is 54.8 Å². The molecule has 0 spiro atoms. The van der Waals surface area contributed by atoms with Crippen LogP contribution in [0.3, 0.4) is 0 Å². The highest BCUT2D eigenvalue weighted by Gasteiger charge is 2.38. The second kappa shape index (κ2) is 7.63. The molecule has 146 valence electrons. The quantitative estimate of drug-likeness (QED) is 0.672. The molecule has 2 heterocycles. The van der Waals surface area contributed by atoms with Crippen LogP contribution in [0.15, 0.2) is 24.3 Å². The molecule has 2 fully saturated rings. The number of imide groups is 1. The summed E-state index contributed by atoms with van der Waals surface area (Å²) >= 11 is 0. The van der Waals surface area contributed by atoms with E-state index in [4.69, 9.17) is 0 Å². The Hall–Kier alpha value is -2.49. The van der Waals surface area contributed by atoms with E-state index in [0.717, 1.165) is 4.90 Å². The molecule has 2 atom stereocenters. The second-order valence-electron chi connectivity index (χ2n) is 6.76. The third-order valence-electron chi connectivity index (χ3n) is 4.59. The minimum Gasteiger partial charge on any atom is -0.352 e. The van der Waals surface area contributed by atoms with Crippen molar-refractivity contribution < 1.29 is 27.2 Å². The molecule has 0 saturated carbocycles. The number of halogens is 1. The van der Waals surface area contributed by atoms with Gasteiger partial charge in [-0.1, -0.05) is 12.1 Å². The summed E-state index contributed by atoms with van der Waals surface area (Å²) in [5.41, 5.74) is 0.485. The molecule has 1 aromatic rings. The van der Waals surface area contributed by atoms with E-state index in [-0.39, 0.29) is 36.8 Å². The third-order valence-corrected chi connectivity index (χ3v) is 6.36. The molecule has 27 heavy (non-hydrogen) atoms. The van der Waals surface area contributed by atoms with Gasteiger partial charge in [0.1, 0.15) is 11.9 Å². The van der Waals surface area contributed by atoms with Crippen molar-refractivity contribution in [1.82, 2.24) is 15.5 Å². The van der Waals surface area contributed by atoms with Crippen LogP contribution in [0.1, 0.15) is 24.8 Å². The molecule has 2 aliphatic rings. The van der Waals surface area contributed by atoms with E-state index in [9.17, 15) is 27.2 Å². The fraction of sp³-hybridized carbons (Fsp3) is 0.471. The Labute approximate surface area is 156 Å². The fourth-order valence-electron chi connectivity index (χ4n) is 3.22. The first-order chi connectivity index (χ1) is 12.7. The predicted octanol–water partition coefficient (Wildman–Crippen LogP) is 0.330.